The van der Waals surface area contributed by atoms with Crippen LogP contribution in [0.4, 0.5) is 0 Å². The zero-order valence-electron chi connectivity index (χ0n) is 29.8. The van der Waals surface area contributed by atoms with Crippen LogP contribution in [0, 0.1) is 6.92 Å². The molecule has 3 atom stereocenters. The SMILES string of the molecule is CCC(C)OC(=O)c1ccc2c(c1)C(=O)c1ccccc1C2=O.CCC(C)c1ccc(S(=O)(=O)[O-])cc1.CCC(C)c1ccccc1C.[Na+]. The maximum absolute atomic E-state index is 12.6. The Morgan fingerprint density at radius 2 is 1.20 bits per heavy atom. The number of carbonyl (C=O) groups is 3. The first-order valence-corrected chi connectivity index (χ1v) is 17.8. The van der Waals surface area contributed by atoms with Crippen LogP contribution >= 0.6 is 0 Å². The minimum Gasteiger partial charge on any atom is -0.744 e. The molecule has 4 aromatic carbocycles. The van der Waals surface area contributed by atoms with Crippen LogP contribution in [0.1, 0.15) is 132 Å². The van der Waals surface area contributed by atoms with E-state index in [1.54, 1.807) is 43.3 Å². The first kappa shape index (κ1) is 41.8. The van der Waals surface area contributed by atoms with Crippen LogP contribution in [-0.4, -0.2) is 36.6 Å². The maximum atomic E-state index is 12.6. The standard InChI is InChI=1S/C19H16O4.C11H16.C10H14O3S.Na/c1-3-11(2)23-19(22)12-8-9-15-16(10-12)18(21)14-7-5-4-6-13(14)17(15)20;1-4-9(2)11-8-6-5-7-10(11)3;1-3-8(2)9-4-6-10(7-5-9)14(11,12)13;/h4-11H,3H2,1-2H3;5-9H,4H2,1-3H3;4-8H,3H2,1-2H3,(H,11,12,13);/q;;;+1/p-1. The summed E-state index contributed by atoms with van der Waals surface area (Å²) >= 11 is 0. The quantitative estimate of drug-likeness (QED) is 0.111. The van der Waals surface area contributed by atoms with Gasteiger partial charge in [0.1, 0.15) is 10.1 Å². The number of benzene rings is 4. The molecule has 1 aliphatic carbocycles. The number of ketones is 2. The van der Waals surface area contributed by atoms with Crippen LogP contribution in [0.2, 0.25) is 0 Å². The van der Waals surface area contributed by atoms with Crippen LogP contribution in [0.3, 0.4) is 0 Å². The van der Waals surface area contributed by atoms with Gasteiger partial charge in [0.2, 0.25) is 0 Å². The van der Waals surface area contributed by atoms with E-state index in [-0.39, 0.29) is 63.3 Å². The van der Waals surface area contributed by atoms with E-state index in [9.17, 15) is 27.4 Å². The summed E-state index contributed by atoms with van der Waals surface area (Å²) in [5, 5.41) is 0. The minimum atomic E-state index is -4.30. The molecule has 0 aliphatic heterocycles. The molecule has 0 spiro atoms. The van der Waals surface area contributed by atoms with Crippen molar-refractivity contribution in [3.8, 4) is 0 Å². The second kappa shape index (κ2) is 19.1. The van der Waals surface area contributed by atoms with Gasteiger partial charge in [-0.1, -0.05) is 95.3 Å². The number of hydrogen-bond donors (Lipinski definition) is 0. The Bertz CT molecular complexity index is 1850. The topological polar surface area (TPSA) is 118 Å². The fourth-order valence-electron chi connectivity index (χ4n) is 5.12. The van der Waals surface area contributed by atoms with Gasteiger partial charge in [-0.25, -0.2) is 13.2 Å². The van der Waals surface area contributed by atoms with Crippen LogP contribution in [0.25, 0.3) is 0 Å². The van der Waals surface area contributed by atoms with Crippen molar-refractivity contribution >= 4 is 27.7 Å². The molecule has 7 nitrogen and oxygen atoms in total. The van der Waals surface area contributed by atoms with Gasteiger partial charge < -0.3 is 9.29 Å². The zero-order valence-corrected chi connectivity index (χ0v) is 32.6. The van der Waals surface area contributed by atoms with Crippen molar-refractivity contribution in [2.45, 2.75) is 90.6 Å². The van der Waals surface area contributed by atoms with E-state index in [1.807, 2.05) is 6.92 Å². The van der Waals surface area contributed by atoms with Crippen molar-refractivity contribution in [1.29, 1.82) is 0 Å². The van der Waals surface area contributed by atoms with E-state index in [4.69, 9.17) is 4.74 Å². The van der Waals surface area contributed by atoms with Gasteiger partial charge in [-0.15, -0.1) is 0 Å². The first-order chi connectivity index (χ1) is 22.7. The maximum Gasteiger partial charge on any atom is 1.00 e. The van der Waals surface area contributed by atoms with Crippen molar-refractivity contribution in [1.82, 2.24) is 0 Å². The summed E-state index contributed by atoms with van der Waals surface area (Å²) in [4.78, 5) is 37.0. The first-order valence-electron chi connectivity index (χ1n) is 16.4. The Morgan fingerprint density at radius 3 is 1.71 bits per heavy atom. The van der Waals surface area contributed by atoms with Crippen LogP contribution in [0.15, 0.2) is 95.9 Å². The molecule has 0 radical (unpaired) electrons. The molecule has 254 valence electrons. The molecular formula is C40H45NaO7S. The molecule has 1 aliphatic rings. The molecule has 4 aromatic rings. The van der Waals surface area contributed by atoms with E-state index >= 15 is 0 Å². The average molecular weight is 693 g/mol. The van der Waals surface area contributed by atoms with Gasteiger partial charge in [-0.05, 0) is 92.0 Å². The number of carbonyl (C=O) groups excluding carboxylic acids is 3. The molecule has 0 aromatic heterocycles. The molecule has 5 rings (SSSR count). The summed E-state index contributed by atoms with van der Waals surface area (Å²) in [6.07, 6.45) is 2.73. The van der Waals surface area contributed by atoms with E-state index in [1.165, 1.54) is 47.9 Å². The van der Waals surface area contributed by atoms with Crippen LogP contribution in [0.5, 0.6) is 0 Å². The number of rotatable bonds is 8. The number of aryl methyl sites for hydroxylation is 1. The predicted octanol–water partition coefficient (Wildman–Crippen LogP) is 6.03. The van der Waals surface area contributed by atoms with Crippen molar-refractivity contribution < 1.29 is 61.6 Å². The van der Waals surface area contributed by atoms with Crippen molar-refractivity contribution in [2.75, 3.05) is 0 Å². The van der Waals surface area contributed by atoms with Crippen LogP contribution < -0.4 is 29.6 Å². The summed E-state index contributed by atoms with van der Waals surface area (Å²) < 4.78 is 37.2. The van der Waals surface area contributed by atoms with Gasteiger partial charge in [0.25, 0.3) is 0 Å². The average Bonchev–Trinajstić information content (AvgIpc) is 3.10. The third kappa shape index (κ3) is 11.0. The molecule has 0 fully saturated rings. The summed E-state index contributed by atoms with van der Waals surface area (Å²) in [6.45, 7) is 14.5. The number of fused-ring (bicyclic) bond motifs is 2. The molecule has 0 saturated carbocycles. The Morgan fingerprint density at radius 1 is 0.694 bits per heavy atom. The van der Waals surface area contributed by atoms with E-state index < -0.39 is 16.1 Å². The fraction of sp³-hybridized carbons (Fsp3) is 0.325. The van der Waals surface area contributed by atoms with Gasteiger partial charge in [-0.2, -0.15) is 0 Å². The molecule has 0 N–H and O–H groups in total. The second-order valence-corrected chi connectivity index (χ2v) is 13.5. The number of hydrogen-bond acceptors (Lipinski definition) is 7. The summed E-state index contributed by atoms with van der Waals surface area (Å²) in [5.74, 6) is 0.168. The summed E-state index contributed by atoms with van der Waals surface area (Å²) in [7, 11) is -4.30. The minimum absolute atomic E-state index is 0. The predicted molar refractivity (Wildman–Crippen MR) is 188 cm³/mol. The molecule has 0 heterocycles. The van der Waals surface area contributed by atoms with E-state index in [0.717, 1.165) is 12.0 Å². The third-order valence-corrected chi connectivity index (χ3v) is 9.58. The molecular weight excluding hydrogens is 647 g/mol. The van der Waals surface area contributed by atoms with Crippen molar-refractivity contribution in [3.05, 3.63) is 136 Å². The normalized spacial score (nSPS) is 13.5. The van der Waals surface area contributed by atoms with Crippen molar-refractivity contribution in [2.24, 2.45) is 0 Å². The van der Waals surface area contributed by atoms with Gasteiger partial charge in [0, 0.05) is 22.3 Å². The monoisotopic (exact) mass is 692 g/mol. The van der Waals surface area contributed by atoms with Gasteiger partial charge in [-0.3, -0.25) is 9.59 Å². The Balaban J connectivity index is 0.000000275. The Labute approximate surface area is 313 Å². The number of ether oxygens (including phenoxy) is 1. The van der Waals surface area contributed by atoms with Crippen LogP contribution in [-0.2, 0) is 14.9 Å². The third-order valence-electron chi connectivity index (χ3n) is 8.73. The summed E-state index contributed by atoms with van der Waals surface area (Å²) in [5.41, 5.74) is 5.61. The van der Waals surface area contributed by atoms with Gasteiger partial charge in [0.15, 0.2) is 11.6 Å². The second-order valence-electron chi connectivity index (χ2n) is 12.1. The summed E-state index contributed by atoms with van der Waals surface area (Å²) in [6, 6.07) is 26.0. The molecule has 0 amide bonds. The number of esters is 1. The smallest absolute Gasteiger partial charge is 0.744 e. The fourth-order valence-corrected chi connectivity index (χ4v) is 5.59. The largest absolute Gasteiger partial charge is 1.00 e. The zero-order chi connectivity index (χ0) is 35.6. The Hall–Kier alpha value is -3.40. The molecule has 0 bridgehead atoms. The molecule has 3 unspecified atom stereocenters. The molecule has 49 heavy (non-hydrogen) atoms. The van der Waals surface area contributed by atoms with Crippen molar-refractivity contribution in [3.63, 3.8) is 0 Å². The molecule has 9 heteroatoms. The van der Waals surface area contributed by atoms with E-state index in [0.29, 0.717) is 34.9 Å². The van der Waals surface area contributed by atoms with Gasteiger partial charge >= 0.3 is 35.5 Å². The Kier molecular flexibility index (Phi) is 16.3. The van der Waals surface area contributed by atoms with E-state index in [2.05, 4.69) is 58.9 Å². The molecule has 0 saturated heterocycles. The van der Waals surface area contributed by atoms with Gasteiger partial charge in [0.05, 0.1) is 16.6 Å².